The van der Waals surface area contributed by atoms with Gasteiger partial charge in [0.05, 0.1) is 22.5 Å². The van der Waals surface area contributed by atoms with E-state index in [1.54, 1.807) is 23.1 Å². The molecule has 5 heteroatoms. The van der Waals surface area contributed by atoms with Crippen LogP contribution in [0.1, 0.15) is 36.0 Å². The molecule has 3 nitrogen and oxygen atoms in total. The van der Waals surface area contributed by atoms with Crippen molar-refractivity contribution in [2.45, 2.75) is 42.9 Å². The molecule has 0 saturated carbocycles. The van der Waals surface area contributed by atoms with Gasteiger partial charge in [0.2, 0.25) is 5.91 Å². The number of carbonyl (C=O) groups excluding carboxylic acids is 1. The van der Waals surface area contributed by atoms with Crippen LogP contribution in [-0.2, 0) is 17.8 Å². The molecule has 3 rings (SSSR count). The third-order valence-corrected chi connectivity index (χ3v) is 6.26. The summed E-state index contributed by atoms with van der Waals surface area (Å²) in [6.07, 6.45) is 0.832. The molecule has 2 aromatic rings. The Morgan fingerprint density at radius 2 is 2.18 bits per heavy atom. The average molecular weight is 332 g/mol. The van der Waals surface area contributed by atoms with E-state index in [4.69, 9.17) is 0 Å². The number of nitrogens with zero attached hydrogens (tertiary/aromatic N) is 2. The Balaban J connectivity index is 1.63. The summed E-state index contributed by atoms with van der Waals surface area (Å²) in [4.78, 5) is 20.3. The van der Waals surface area contributed by atoms with Gasteiger partial charge in [-0.05, 0) is 18.1 Å². The zero-order chi connectivity index (χ0) is 15.7. The van der Waals surface area contributed by atoms with Gasteiger partial charge in [-0.3, -0.25) is 4.79 Å². The third-order valence-electron chi connectivity index (χ3n) is 3.76. The lowest BCUT2D eigenvalue weighted by Gasteiger charge is -2.19. The Morgan fingerprint density at radius 3 is 2.86 bits per heavy atom. The van der Waals surface area contributed by atoms with Crippen molar-refractivity contribution >= 4 is 29.0 Å². The fraction of sp³-hybridized carbons (Fsp3) is 0.412. The smallest absolute Gasteiger partial charge is 0.236 e. The van der Waals surface area contributed by atoms with Crippen LogP contribution in [-0.4, -0.2) is 28.1 Å². The van der Waals surface area contributed by atoms with Crippen LogP contribution in [0.2, 0.25) is 0 Å². The molecule has 0 bridgehead atoms. The second kappa shape index (κ2) is 6.42. The quantitative estimate of drug-likeness (QED) is 0.850. The zero-order valence-corrected chi connectivity index (χ0v) is 14.7. The van der Waals surface area contributed by atoms with E-state index in [0.717, 1.165) is 17.1 Å². The summed E-state index contributed by atoms with van der Waals surface area (Å²) < 4.78 is 0. The van der Waals surface area contributed by atoms with E-state index >= 15 is 0 Å². The van der Waals surface area contributed by atoms with Crippen molar-refractivity contribution in [2.24, 2.45) is 0 Å². The van der Waals surface area contributed by atoms with E-state index in [1.807, 2.05) is 24.1 Å². The number of benzene rings is 1. The average Bonchev–Trinajstić information content (AvgIpc) is 3.12. The van der Waals surface area contributed by atoms with Crippen molar-refractivity contribution in [2.75, 3.05) is 7.05 Å². The van der Waals surface area contributed by atoms with E-state index < -0.39 is 0 Å². The second-order valence-corrected chi connectivity index (χ2v) is 8.08. The maximum Gasteiger partial charge on any atom is 0.236 e. The minimum Gasteiger partial charge on any atom is -0.339 e. The first kappa shape index (κ1) is 15.6. The van der Waals surface area contributed by atoms with Gasteiger partial charge in [-0.25, -0.2) is 4.98 Å². The lowest BCUT2D eigenvalue weighted by molar-refractivity contribution is -0.129. The zero-order valence-electron chi connectivity index (χ0n) is 13.1. The van der Waals surface area contributed by atoms with Gasteiger partial charge in [-0.15, -0.1) is 23.1 Å². The van der Waals surface area contributed by atoms with Gasteiger partial charge in [-0.1, -0.05) is 32.0 Å². The standard InChI is InChI=1S/C17H20N2OS2/c1-11(2)16-18-13(10-21-16)9-19(3)17(20)15-8-12-6-4-5-7-14(12)22-15/h4-7,10-11,15H,8-9H2,1-3H3/t15-/m0/s1. The number of hydrogen-bond donors (Lipinski definition) is 0. The van der Waals surface area contributed by atoms with Gasteiger partial charge < -0.3 is 4.90 Å². The molecule has 1 aliphatic rings. The largest absolute Gasteiger partial charge is 0.339 e. The Labute approximate surface area is 139 Å². The molecule has 1 aliphatic heterocycles. The molecule has 0 saturated heterocycles. The number of rotatable bonds is 4. The molecule has 2 heterocycles. The van der Waals surface area contributed by atoms with Gasteiger partial charge in [0.1, 0.15) is 0 Å². The van der Waals surface area contributed by atoms with Crippen molar-refractivity contribution in [3.8, 4) is 0 Å². The summed E-state index contributed by atoms with van der Waals surface area (Å²) in [5.41, 5.74) is 2.28. The number of fused-ring (bicyclic) bond motifs is 1. The molecule has 22 heavy (non-hydrogen) atoms. The van der Waals surface area contributed by atoms with Crippen LogP contribution < -0.4 is 0 Å². The highest BCUT2D eigenvalue weighted by Gasteiger charge is 2.30. The van der Waals surface area contributed by atoms with Crippen LogP contribution >= 0.6 is 23.1 Å². The number of hydrogen-bond acceptors (Lipinski definition) is 4. The van der Waals surface area contributed by atoms with Crippen molar-refractivity contribution in [1.82, 2.24) is 9.88 Å². The van der Waals surface area contributed by atoms with E-state index in [9.17, 15) is 4.79 Å². The molecule has 116 valence electrons. The first-order valence-corrected chi connectivity index (χ1v) is 9.24. The summed E-state index contributed by atoms with van der Waals surface area (Å²) in [7, 11) is 1.88. The summed E-state index contributed by atoms with van der Waals surface area (Å²) >= 11 is 3.36. The van der Waals surface area contributed by atoms with Crippen LogP contribution in [0, 0.1) is 0 Å². The van der Waals surface area contributed by atoms with Crippen molar-refractivity contribution < 1.29 is 4.79 Å². The summed E-state index contributed by atoms with van der Waals surface area (Å²) in [5.74, 6) is 0.639. The highest BCUT2D eigenvalue weighted by atomic mass is 32.2. The first-order valence-electron chi connectivity index (χ1n) is 7.48. The lowest BCUT2D eigenvalue weighted by atomic mass is 10.1. The number of thioether (sulfide) groups is 1. The monoisotopic (exact) mass is 332 g/mol. The lowest BCUT2D eigenvalue weighted by Crippen LogP contribution is -2.34. The van der Waals surface area contributed by atoms with Gasteiger partial charge in [-0.2, -0.15) is 0 Å². The van der Waals surface area contributed by atoms with Crippen LogP contribution in [0.3, 0.4) is 0 Å². The maximum absolute atomic E-state index is 12.6. The molecule has 0 fully saturated rings. The minimum atomic E-state index is 0.00519. The Kier molecular flexibility index (Phi) is 4.54. The molecule has 0 N–H and O–H groups in total. The van der Waals surface area contributed by atoms with Gasteiger partial charge >= 0.3 is 0 Å². The summed E-state index contributed by atoms with van der Waals surface area (Å²) in [6, 6.07) is 8.29. The topological polar surface area (TPSA) is 33.2 Å². The molecule has 0 aliphatic carbocycles. The number of aromatic nitrogens is 1. The molecule has 0 radical (unpaired) electrons. The Hall–Kier alpha value is -1.33. The molecule has 1 aromatic heterocycles. The predicted molar refractivity (Wildman–Crippen MR) is 92.5 cm³/mol. The minimum absolute atomic E-state index is 0.00519. The SMILES string of the molecule is CC(C)c1nc(CN(C)C(=O)[C@@H]2Cc3ccccc3S2)cs1. The highest BCUT2D eigenvalue weighted by molar-refractivity contribution is 8.01. The molecular formula is C17H20N2OS2. The Bertz CT molecular complexity index is 656. The van der Waals surface area contributed by atoms with E-state index in [0.29, 0.717) is 12.5 Å². The third kappa shape index (κ3) is 3.20. The summed E-state index contributed by atoms with van der Waals surface area (Å²) in [6.45, 7) is 4.88. The molecule has 0 unspecified atom stereocenters. The van der Waals surface area contributed by atoms with E-state index in [2.05, 4.69) is 36.3 Å². The molecule has 1 atom stereocenters. The number of amides is 1. The van der Waals surface area contributed by atoms with Gasteiger partial charge in [0.15, 0.2) is 0 Å². The Morgan fingerprint density at radius 1 is 1.41 bits per heavy atom. The van der Waals surface area contributed by atoms with Crippen LogP contribution in [0.5, 0.6) is 0 Å². The van der Waals surface area contributed by atoms with Gasteiger partial charge in [0, 0.05) is 23.2 Å². The van der Waals surface area contributed by atoms with E-state index in [1.165, 1.54) is 10.5 Å². The highest BCUT2D eigenvalue weighted by Crippen LogP contribution is 2.37. The fourth-order valence-corrected chi connectivity index (χ4v) is 4.68. The normalized spacial score (nSPS) is 16.8. The van der Waals surface area contributed by atoms with Crippen molar-refractivity contribution in [3.05, 3.63) is 45.9 Å². The molecule has 1 amide bonds. The first-order chi connectivity index (χ1) is 10.5. The van der Waals surface area contributed by atoms with Crippen molar-refractivity contribution in [1.29, 1.82) is 0 Å². The van der Waals surface area contributed by atoms with Crippen LogP contribution in [0.25, 0.3) is 0 Å². The molecule has 0 spiro atoms. The second-order valence-electron chi connectivity index (χ2n) is 5.94. The number of carbonyl (C=O) groups is 1. The van der Waals surface area contributed by atoms with Crippen LogP contribution in [0.4, 0.5) is 0 Å². The molecular weight excluding hydrogens is 312 g/mol. The summed E-state index contributed by atoms with van der Waals surface area (Å²) in [5, 5.41) is 3.21. The van der Waals surface area contributed by atoms with Gasteiger partial charge in [0.25, 0.3) is 0 Å². The van der Waals surface area contributed by atoms with Crippen molar-refractivity contribution in [3.63, 3.8) is 0 Å². The number of thiazole rings is 1. The van der Waals surface area contributed by atoms with E-state index in [-0.39, 0.29) is 11.2 Å². The maximum atomic E-state index is 12.6. The molecule has 1 aromatic carbocycles. The predicted octanol–water partition coefficient (Wildman–Crippen LogP) is 3.94. The fourth-order valence-electron chi connectivity index (χ4n) is 2.55. The van der Waals surface area contributed by atoms with Crippen LogP contribution in [0.15, 0.2) is 34.5 Å².